The van der Waals surface area contributed by atoms with Gasteiger partial charge in [0.05, 0.1) is 22.3 Å². The van der Waals surface area contributed by atoms with Crippen LogP contribution in [0.1, 0.15) is 18.3 Å². The Morgan fingerprint density at radius 3 is 2.65 bits per heavy atom. The Hall–Kier alpha value is -1.07. The van der Waals surface area contributed by atoms with Gasteiger partial charge >= 0.3 is 5.97 Å². The number of carboxylic acids is 1. The SMILES string of the molecule is Cc1nn(C)c(CN(C)CC(C)C(=O)O)c1Cl. The second-order valence-electron chi connectivity index (χ2n) is 4.41. The molecule has 6 heteroatoms. The summed E-state index contributed by atoms with van der Waals surface area (Å²) in [4.78, 5) is 12.7. The van der Waals surface area contributed by atoms with Crippen LogP contribution in [0.4, 0.5) is 0 Å². The normalized spacial score (nSPS) is 13.1. The van der Waals surface area contributed by atoms with Crippen molar-refractivity contribution in [2.45, 2.75) is 20.4 Å². The second-order valence-corrected chi connectivity index (χ2v) is 4.78. The average Bonchev–Trinajstić information content (AvgIpc) is 2.45. The van der Waals surface area contributed by atoms with Gasteiger partial charge in [0, 0.05) is 20.1 Å². The number of aromatic nitrogens is 2. The largest absolute Gasteiger partial charge is 0.481 e. The van der Waals surface area contributed by atoms with E-state index < -0.39 is 11.9 Å². The van der Waals surface area contributed by atoms with Gasteiger partial charge in [-0.3, -0.25) is 14.4 Å². The molecule has 1 N–H and O–H groups in total. The van der Waals surface area contributed by atoms with Crippen LogP contribution in [0.5, 0.6) is 0 Å². The number of carbonyl (C=O) groups is 1. The van der Waals surface area contributed by atoms with Gasteiger partial charge in [0.1, 0.15) is 0 Å². The van der Waals surface area contributed by atoms with Gasteiger partial charge in [0.15, 0.2) is 0 Å². The van der Waals surface area contributed by atoms with Gasteiger partial charge in [-0.25, -0.2) is 0 Å². The number of halogens is 1. The Morgan fingerprint density at radius 2 is 2.24 bits per heavy atom. The number of rotatable bonds is 5. The molecular weight excluding hydrogens is 242 g/mol. The number of hydrogen-bond acceptors (Lipinski definition) is 3. The van der Waals surface area contributed by atoms with Crippen molar-refractivity contribution in [2.75, 3.05) is 13.6 Å². The van der Waals surface area contributed by atoms with Crippen LogP contribution >= 0.6 is 11.6 Å². The van der Waals surface area contributed by atoms with E-state index in [9.17, 15) is 4.79 Å². The highest BCUT2D eigenvalue weighted by Crippen LogP contribution is 2.20. The monoisotopic (exact) mass is 259 g/mol. The Balaban J connectivity index is 2.68. The molecule has 96 valence electrons. The average molecular weight is 260 g/mol. The molecule has 1 rings (SSSR count). The fourth-order valence-corrected chi connectivity index (χ4v) is 1.94. The summed E-state index contributed by atoms with van der Waals surface area (Å²) in [6.45, 7) is 4.62. The Labute approximate surface area is 106 Å². The van der Waals surface area contributed by atoms with Crippen molar-refractivity contribution in [3.8, 4) is 0 Å². The molecule has 0 saturated heterocycles. The number of aliphatic carboxylic acids is 1. The van der Waals surface area contributed by atoms with Gasteiger partial charge < -0.3 is 5.11 Å². The van der Waals surface area contributed by atoms with Crippen LogP contribution in [-0.2, 0) is 18.4 Å². The summed E-state index contributed by atoms with van der Waals surface area (Å²) < 4.78 is 1.74. The van der Waals surface area contributed by atoms with Crippen molar-refractivity contribution in [2.24, 2.45) is 13.0 Å². The Morgan fingerprint density at radius 1 is 1.65 bits per heavy atom. The summed E-state index contributed by atoms with van der Waals surface area (Å²) in [7, 11) is 3.71. The minimum absolute atomic E-state index is 0.395. The number of aryl methyl sites for hydroxylation is 2. The molecule has 1 unspecified atom stereocenters. The van der Waals surface area contributed by atoms with Gasteiger partial charge in [0.25, 0.3) is 0 Å². The third-order valence-corrected chi connectivity index (χ3v) is 3.18. The predicted molar refractivity (Wildman–Crippen MR) is 66.1 cm³/mol. The predicted octanol–water partition coefficient (Wildman–Crippen LogP) is 1.53. The molecule has 0 spiro atoms. The van der Waals surface area contributed by atoms with Crippen LogP contribution < -0.4 is 0 Å². The van der Waals surface area contributed by atoms with E-state index in [0.717, 1.165) is 11.4 Å². The highest BCUT2D eigenvalue weighted by atomic mass is 35.5. The third-order valence-electron chi connectivity index (χ3n) is 2.69. The molecule has 0 aromatic carbocycles. The van der Waals surface area contributed by atoms with Crippen LogP contribution in [0.2, 0.25) is 5.02 Å². The molecule has 0 amide bonds. The lowest BCUT2D eigenvalue weighted by atomic mass is 10.2. The summed E-state index contributed by atoms with van der Waals surface area (Å²) >= 11 is 6.13. The zero-order valence-electron chi connectivity index (χ0n) is 10.6. The minimum Gasteiger partial charge on any atom is -0.481 e. The standard InChI is InChI=1S/C11H18ClN3O2/c1-7(11(16)17)5-14(3)6-9-10(12)8(2)13-15(9)4/h7H,5-6H2,1-4H3,(H,16,17). The molecule has 5 nitrogen and oxygen atoms in total. The van der Waals surface area contributed by atoms with Crippen LogP contribution in [-0.4, -0.2) is 39.3 Å². The third kappa shape index (κ3) is 3.44. The number of nitrogens with zero attached hydrogens (tertiary/aromatic N) is 3. The minimum atomic E-state index is -0.788. The highest BCUT2D eigenvalue weighted by Gasteiger charge is 2.17. The van der Waals surface area contributed by atoms with E-state index in [4.69, 9.17) is 16.7 Å². The molecule has 17 heavy (non-hydrogen) atoms. The first kappa shape index (κ1) is 14.0. The van der Waals surface area contributed by atoms with E-state index in [1.165, 1.54) is 0 Å². The number of hydrogen-bond donors (Lipinski definition) is 1. The molecule has 0 saturated carbocycles. The summed E-state index contributed by atoms with van der Waals surface area (Å²) in [6, 6.07) is 0. The molecule has 1 aromatic rings. The Kier molecular flexibility index (Phi) is 4.54. The molecule has 0 bridgehead atoms. The van der Waals surface area contributed by atoms with Crippen molar-refractivity contribution in [1.29, 1.82) is 0 Å². The zero-order valence-corrected chi connectivity index (χ0v) is 11.3. The van der Waals surface area contributed by atoms with Crippen LogP contribution in [0.25, 0.3) is 0 Å². The maximum Gasteiger partial charge on any atom is 0.307 e. The molecule has 1 atom stereocenters. The molecule has 0 aliphatic carbocycles. The van der Waals surface area contributed by atoms with Gasteiger partial charge in [0.2, 0.25) is 0 Å². The molecule has 1 heterocycles. The lowest BCUT2D eigenvalue weighted by molar-refractivity contribution is -0.141. The van der Waals surface area contributed by atoms with Gasteiger partial charge in [-0.2, -0.15) is 5.10 Å². The maximum atomic E-state index is 10.8. The molecule has 1 aromatic heterocycles. The lowest BCUT2D eigenvalue weighted by Gasteiger charge is -2.19. The fourth-order valence-electron chi connectivity index (χ4n) is 1.72. The van der Waals surface area contributed by atoms with Gasteiger partial charge in [-0.05, 0) is 14.0 Å². The summed E-state index contributed by atoms with van der Waals surface area (Å²) in [5, 5.41) is 13.7. The highest BCUT2D eigenvalue weighted by molar-refractivity contribution is 6.31. The zero-order chi connectivity index (χ0) is 13.2. The Bertz CT molecular complexity index is 417. The second kappa shape index (κ2) is 5.51. The lowest BCUT2D eigenvalue weighted by Crippen LogP contribution is -2.29. The van der Waals surface area contributed by atoms with E-state index in [-0.39, 0.29) is 0 Å². The summed E-state index contributed by atoms with van der Waals surface area (Å²) in [5.41, 5.74) is 1.70. The van der Waals surface area contributed by atoms with Crippen molar-refractivity contribution >= 4 is 17.6 Å². The van der Waals surface area contributed by atoms with Crippen LogP contribution in [0.3, 0.4) is 0 Å². The maximum absolute atomic E-state index is 10.8. The van der Waals surface area contributed by atoms with Crippen molar-refractivity contribution in [3.63, 3.8) is 0 Å². The van der Waals surface area contributed by atoms with Crippen LogP contribution in [0.15, 0.2) is 0 Å². The molecule has 0 fully saturated rings. The fraction of sp³-hybridized carbons (Fsp3) is 0.636. The van der Waals surface area contributed by atoms with Crippen molar-refractivity contribution in [3.05, 3.63) is 16.4 Å². The van der Waals surface area contributed by atoms with E-state index >= 15 is 0 Å². The first-order valence-corrected chi connectivity index (χ1v) is 5.80. The summed E-state index contributed by atoms with van der Waals surface area (Å²) in [6.07, 6.45) is 0. The van der Waals surface area contributed by atoms with Crippen molar-refractivity contribution < 1.29 is 9.90 Å². The first-order chi connectivity index (χ1) is 7.82. The smallest absolute Gasteiger partial charge is 0.307 e. The molecular formula is C11H18ClN3O2. The van der Waals surface area contributed by atoms with Gasteiger partial charge in [-0.1, -0.05) is 18.5 Å². The van der Waals surface area contributed by atoms with E-state index in [0.29, 0.717) is 18.1 Å². The van der Waals surface area contributed by atoms with E-state index in [1.807, 2.05) is 25.9 Å². The topological polar surface area (TPSA) is 58.4 Å². The molecule has 0 aliphatic rings. The first-order valence-electron chi connectivity index (χ1n) is 5.42. The molecule has 0 radical (unpaired) electrons. The van der Waals surface area contributed by atoms with E-state index in [1.54, 1.807) is 11.6 Å². The summed E-state index contributed by atoms with van der Waals surface area (Å²) in [5.74, 6) is -1.18. The molecule has 0 aliphatic heterocycles. The van der Waals surface area contributed by atoms with Crippen LogP contribution in [0, 0.1) is 12.8 Å². The van der Waals surface area contributed by atoms with Gasteiger partial charge in [-0.15, -0.1) is 0 Å². The quantitative estimate of drug-likeness (QED) is 0.871. The number of carboxylic acid groups (broad SMARTS) is 1. The van der Waals surface area contributed by atoms with Crippen molar-refractivity contribution in [1.82, 2.24) is 14.7 Å². The van der Waals surface area contributed by atoms with E-state index in [2.05, 4.69) is 5.10 Å².